The molecule has 4 nitrogen and oxygen atoms in total. The summed E-state index contributed by atoms with van der Waals surface area (Å²) in [5.74, 6) is -0.881. The smallest absolute Gasteiger partial charge is 0.309 e. The number of thioether (sulfide) groups is 1. The minimum atomic E-state index is -0.881. The molecule has 0 bridgehead atoms. The standard InChI is InChI=1S/C12H11BrN2O2S/c1-18-8-4-2-7(3-5-8)11-9(6-10(16)17)14-12(13)15-11/h2-5H,6H2,1H3,(H,14,15)(H,16,17). The predicted molar refractivity (Wildman–Crippen MR) is 74.8 cm³/mol. The largest absolute Gasteiger partial charge is 0.481 e. The number of rotatable bonds is 4. The summed E-state index contributed by atoms with van der Waals surface area (Å²) in [6.45, 7) is 0. The molecule has 0 radical (unpaired) electrons. The van der Waals surface area contributed by atoms with Gasteiger partial charge in [-0.25, -0.2) is 4.98 Å². The van der Waals surface area contributed by atoms with E-state index in [9.17, 15) is 4.79 Å². The highest BCUT2D eigenvalue weighted by atomic mass is 79.9. The van der Waals surface area contributed by atoms with Crippen molar-refractivity contribution >= 4 is 33.7 Å². The average Bonchev–Trinajstić information content (AvgIpc) is 2.69. The van der Waals surface area contributed by atoms with E-state index in [1.165, 1.54) is 0 Å². The van der Waals surface area contributed by atoms with Crippen LogP contribution in [0.5, 0.6) is 0 Å². The molecule has 18 heavy (non-hydrogen) atoms. The fraction of sp³-hybridized carbons (Fsp3) is 0.167. The number of hydrogen-bond acceptors (Lipinski definition) is 3. The van der Waals surface area contributed by atoms with Crippen molar-refractivity contribution in [2.45, 2.75) is 11.3 Å². The third kappa shape index (κ3) is 2.94. The molecule has 2 N–H and O–H groups in total. The Morgan fingerprint density at radius 2 is 2.11 bits per heavy atom. The van der Waals surface area contributed by atoms with E-state index in [2.05, 4.69) is 25.9 Å². The summed E-state index contributed by atoms with van der Waals surface area (Å²) in [4.78, 5) is 19.2. The second kappa shape index (κ2) is 5.58. The zero-order chi connectivity index (χ0) is 13.1. The monoisotopic (exact) mass is 326 g/mol. The Labute approximate surface area is 117 Å². The van der Waals surface area contributed by atoms with Gasteiger partial charge in [0.05, 0.1) is 17.8 Å². The van der Waals surface area contributed by atoms with E-state index in [1.54, 1.807) is 11.8 Å². The topological polar surface area (TPSA) is 66.0 Å². The summed E-state index contributed by atoms with van der Waals surface area (Å²) in [6, 6.07) is 7.87. The number of carboxylic acids is 1. The van der Waals surface area contributed by atoms with E-state index in [-0.39, 0.29) is 6.42 Å². The molecule has 1 aromatic heterocycles. The predicted octanol–water partition coefficient (Wildman–Crippen LogP) is 3.19. The van der Waals surface area contributed by atoms with Crippen LogP contribution in [0, 0.1) is 0 Å². The molecule has 0 amide bonds. The Bertz CT molecular complexity index is 566. The molecule has 1 heterocycles. The van der Waals surface area contributed by atoms with Crippen LogP contribution in [0.15, 0.2) is 33.9 Å². The molecule has 0 spiro atoms. The van der Waals surface area contributed by atoms with Gasteiger partial charge in [-0.2, -0.15) is 0 Å². The molecule has 2 rings (SSSR count). The maximum atomic E-state index is 10.8. The average molecular weight is 327 g/mol. The van der Waals surface area contributed by atoms with Crippen LogP contribution >= 0.6 is 27.7 Å². The fourth-order valence-electron chi connectivity index (χ4n) is 1.64. The van der Waals surface area contributed by atoms with Gasteiger partial charge < -0.3 is 10.1 Å². The molecule has 1 aromatic carbocycles. The lowest BCUT2D eigenvalue weighted by atomic mass is 10.1. The number of imidazole rings is 1. The van der Waals surface area contributed by atoms with Gasteiger partial charge in [-0.3, -0.25) is 4.79 Å². The van der Waals surface area contributed by atoms with Gasteiger partial charge in [-0.05, 0) is 34.3 Å². The molecule has 6 heteroatoms. The maximum absolute atomic E-state index is 10.8. The van der Waals surface area contributed by atoms with Crippen LogP contribution in [0.4, 0.5) is 0 Å². The molecule has 0 aliphatic rings. The van der Waals surface area contributed by atoms with Crippen LogP contribution in [0.25, 0.3) is 11.3 Å². The normalized spacial score (nSPS) is 10.6. The number of nitrogens with one attached hydrogen (secondary N) is 1. The highest BCUT2D eigenvalue weighted by Crippen LogP contribution is 2.26. The van der Waals surface area contributed by atoms with E-state index >= 15 is 0 Å². The van der Waals surface area contributed by atoms with Crippen LogP contribution in [-0.4, -0.2) is 27.3 Å². The summed E-state index contributed by atoms with van der Waals surface area (Å²) in [5, 5.41) is 8.86. The van der Waals surface area contributed by atoms with Crippen molar-refractivity contribution in [1.29, 1.82) is 0 Å². The summed E-state index contributed by atoms with van der Waals surface area (Å²) in [5.41, 5.74) is 2.19. The first-order chi connectivity index (χ1) is 8.60. The van der Waals surface area contributed by atoms with E-state index in [1.807, 2.05) is 30.5 Å². The van der Waals surface area contributed by atoms with Crippen molar-refractivity contribution in [3.8, 4) is 11.3 Å². The summed E-state index contributed by atoms with van der Waals surface area (Å²) >= 11 is 4.90. The van der Waals surface area contributed by atoms with Crippen LogP contribution < -0.4 is 0 Å². The van der Waals surface area contributed by atoms with Crippen molar-refractivity contribution < 1.29 is 9.90 Å². The number of aromatic amines is 1. The number of halogens is 1. The Morgan fingerprint density at radius 3 is 2.67 bits per heavy atom. The summed E-state index contributed by atoms with van der Waals surface area (Å²) in [6.07, 6.45) is 1.94. The highest BCUT2D eigenvalue weighted by Gasteiger charge is 2.13. The van der Waals surface area contributed by atoms with Gasteiger partial charge in [0.2, 0.25) is 0 Å². The minimum absolute atomic E-state index is 0.0712. The lowest BCUT2D eigenvalue weighted by Gasteiger charge is -2.02. The van der Waals surface area contributed by atoms with Gasteiger partial charge in [0.1, 0.15) is 0 Å². The molecule has 0 saturated heterocycles. The van der Waals surface area contributed by atoms with Gasteiger partial charge in [-0.1, -0.05) is 12.1 Å². The van der Waals surface area contributed by atoms with E-state index < -0.39 is 5.97 Å². The second-order valence-electron chi connectivity index (χ2n) is 3.65. The highest BCUT2D eigenvalue weighted by molar-refractivity contribution is 9.10. The molecule has 0 saturated carbocycles. The van der Waals surface area contributed by atoms with Crippen molar-refractivity contribution in [3.63, 3.8) is 0 Å². The van der Waals surface area contributed by atoms with Gasteiger partial charge >= 0.3 is 5.97 Å². The molecular weight excluding hydrogens is 316 g/mol. The van der Waals surface area contributed by atoms with Gasteiger partial charge in [-0.15, -0.1) is 11.8 Å². The number of H-pyrrole nitrogens is 1. The number of carbonyl (C=O) groups is 1. The van der Waals surface area contributed by atoms with Gasteiger partial charge in [0.15, 0.2) is 4.73 Å². The quantitative estimate of drug-likeness (QED) is 0.847. The third-order valence-electron chi connectivity index (χ3n) is 2.44. The number of carboxylic acid groups (broad SMARTS) is 1. The Morgan fingerprint density at radius 1 is 1.44 bits per heavy atom. The number of hydrogen-bond donors (Lipinski definition) is 2. The molecule has 0 aliphatic carbocycles. The van der Waals surface area contributed by atoms with Gasteiger partial charge in [0.25, 0.3) is 0 Å². The number of aromatic nitrogens is 2. The van der Waals surface area contributed by atoms with Crippen molar-refractivity contribution in [3.05, 3.63) is 34.7 Å². The maximum Gasteiger partial charge on any atom is 0.309 e. The van der Waals surface area contributed by atoms with E-state index in [0.717, 1.165) is 10.5 Å². The first-order valence-electron chi connectivity index (χ1n) is 5.20. The van der Waals surface area contributed by atoms with Crippen LogP contribution in [0.3, 0.4) is 0 Å². The third-order valence-corrected chi connectivity index (χ3v) is 3.56. The minimum Gasteiger partial charge on any atom is -0.481 e. The van der Waals surface area contributed by atoms with Crippen molar-refractivity contribution in [1.82, 2.24) is 9.97 Å². The van der Waals surface area contributed by atoms with Crippen LogP contribution in [0.2, 0.25) is 0 Å². The molecule has 0 unspecified atom stereocenters. The number of aliphatic carboxylic acids is 1. The zero-order valence-electron chi connectivity index (χ0n) is 9.61. The Balaban J connectivity index is 2.39. The van der Waals surface area contributed by atoms with Crippen molar-refractivity contribution in [2.24, 2.45) is 0 Å². The second-order valence-corrected chi connectivity index (χ2v) is 5.28. The van der Waals surface area contributed by atoms with Crippen molar-refractivity contribution in [2.75, 3.05) is 6.26 Å². The zero-order valence-corrected chi connectivity index (χ0v) is 12.0. The summed E-state index contributed by atoms with van der Waals surface area (Å²) in [7, 11) is 0. The SMILES string of the molecule is CSc1ccc(-c2nc(Br)[nH]c2CC(=O)O)cc1. The van der Waals surface area contributed by atoms with E-state index in [4.69, 9.17) is 5.11 Å². The lowest BCUT2D eigenvalue weighted by molar-refractivity contribution is -0.136. The fourth-order valence-corrected chi connectivity index (χ4v) is 2.47. The van der Waals surface area contributed by atoms with E-state index in [0.29, 0.717) is 16.1 Å². The Kier molecular flexibility index (Phi) is 4.08. The molecule has 0 aliphatic heterocycles. The first-order valence-corrected chi connectivity index (χ1v) is 7.22. The Hall–Kier alpha value is -1.27. The molecule has 2 aromatic rings. The lowest BCUT2D eigenvalue weighted by Crippen LogP contribution is -2.01. The molecule has 94 valence electrons. The molecule has 0 fully saturated rings. The van der Waals surface area contributed by atoms with Crippen LogP contribution in [-0.2, 0) is 11.2 Å². The van der Waals surface area contributed by atoms with Gasteiger partial charge in [0, 0.05) is 10.5 Å². The first kappa shape index (κ1) is 13.2. The number of nitrogens with zero attached hydrogens (tertiary/aromatic N) is 1. The van der Waals surface area contributed by atoms with Crippen LogP contribution in [0.1, 0.15) is 5.69 Å². The number of benzene rings is 1. The molecular formula is C12H11BrN2O2S. The molecule has 0 atom stereocenters. The summed E-state index contributed by atoms with van der Waals surface area (Å²) < 4.78 is 0.544.